The van der Waals surface area contributed by atoms with Crippen molar-refractivity contribution in [2.75, 3.05) is 11.9 Å². The van der Waals surface area contributed by atoms with E-state index in [1.165, 1.54) is 11.6 Å². The number of nitrogens with one attached hydrogen (secondary N) is 1. The van der Waals surface area contributed by atoms with E-state index >= 15 is 0 Å². The second-order valence-corrected chi connectivity index (χ2v) is 6.62. The largest absolute Gasteiger partial charge is 0.507 e. The lowest BCUT2D eigenvalue weighted by Crippen LogP contribution is -2.21. The van der Waals surface area contributed by atoms with E-state index in [0.29, 0.717) is 11.6 Å². The maximum atomic E-state index is 12.2. The molecule has 1 amide bonds. The molecule has 0 aliphatic heterocycles. The molecular formula is C22H21NO4. The number of phenols is 1. The Hall–Kier alpha value is -3.34. The van der Waals surface area contributed by atoms with Crippen molar-refractivity contribution >= 4 is 28.3 Å². The van der Waals surface area contributed by atoms with Gasteiger partial charge in [0.25, 0.3) is 5.91 Å². The third kappa shape index (κ3) is 4.44. The summed E-state index contributed by atoms with van der Waals surface area (Å²) >= 11 is 0. The Labute approximate surface area is 157 Å². The molecule has 3 aromatic rings. The molecule has 0 fully saturated rings. The minimum Gasteiger partial charge on any atom is -0.507 e. The predicted octanol–water partition coefficient (Wildman–Crippen LogP) is 4.46. The number of carbonyl (C=O) groups is 2. The zero-order valence-corrected chi connectivity index (χ0v) is 15.2. The summed E-state index contributed by atoms with van der Waals surface area (Å²) in [7, 11) is 0. The van der Waals surface area contributed by atoms with Crippen molar-refractivity contribution in [3.63, 3.8) is 0 Å². The van der Waals surface area contributed by atoms with Crippen molar-refractivity contribution in [3.8, 4) is 5.75 Å². The summed E-state index contributed by atoms with van der Waals surface area (Å²) in [6.45, 7) is 3.75. The molecule has 3 rings (SSSR count). The molecule has 0 saturated heterocycles. The summed E-state index contributed by atoms with van der Waals surface area (Å²) in [5.74, 6) is -0.960. The molecule has 0 bridgehead atoms. The zero-order valence-electron chi connectivity index (χ0n) is 15.2. The molecule has 5 heteroatoms. The first kappa shape index (κ1) is 18.5. The van der Waals surface area contributed by atoms with Gasteiger partial charge in [-0.15, -0.1) is 0 Å². The van der Waals surface area contributed by atoms with Crippen LogP contribution in [-0.4, -0.2) is 23.6 Å². The van der Waals surface area contributed by atoms with Crippen molar-refractivity contribution < 1.29 is 19.4 Å². The molecule has 0 aliphatic carbocycles. The number of benzene rings is 3. The number of carbonyl (C=O) groups excluding carboxylic acids is 2. The van der Waals surface area contributed by atoms with E-state index in [1.54, 1.807) is 6.07 Å². The van der Waals surface area contributed by atoms with Crippen molar-refractivity contribution in [3.05, 3.63) is 71.8 Å². The highest BCUT2D eigenvalue weighted by Gasteiger charge is 2.15. The van der Waals surface area contributed by atoms with Crippen LogP contribution in [0.5, 0.6) is 5.75 Å². The van der Waals surface area contributed by atoms with Gasteiger partial charge < -0.3 is 15.2 Å². The number of fused-ring (bicyclic) bond motifs is 1. The van der Waals surface area contributed by atoms with Crippen molar-refractivity contribution in [1.82, 2.24) is 0 Å². The van der Waals surface area contributed by atoms with Crippen LogP contribution in [0.15, 0.2) is 60.7 Å². The first-order valence-corrected chi connectivity index (χ1v) is 8.73. The van der Waals surface area contributed by atoms with Gasteiger partial charge in [-0.3, -0.25) is 4.79 Å². The standard InChI is InChI=1S/C22H21NO4/c1-14(2)15-7-9-18(10-8-15)23-21(25)13-27-22(26)19-11-16-5-3-4-6-17(16)12-20(19)24/h3-12,14,24H,13H2,1-2H3,(H,23,25). The number of hydrogen-bond acceptors (Lipinski definition) is 4. The van der Waals surface area contributed by atoms with Crippen LogP contribution in [-0.2, 0) is 9.53 Å². The molecule has 0 saturated carbocycles. The quantitative estimate of drug-likeness (QED) is 0.656. The van der Waals surface area contributed by atoms with E-state index in [9.17, 15) is 14.7 Å². The summed E-state index contributed by atoms with van der Waals surface area (Å²) in [4.78, 5) is 24.2. The average molecular weight is 363 g/mol. The molecule has 0 radical (unpaired) electrons. The number of hydrogen-bond donors (Lipinski definition) is 2. The number of amides is 1. The molecule has 2 N–H and O–H groups in total. The first-order chi connectivity index (χ1) is 12.9. The summed E-state index contributed by atoms with van der Waals surface area (Å²) < 4.78 is 5.04. The summed E-state index contributed by atoms with van der Waals surface area (Å²) in [5, 5.41) is 14.3. The average Bonchev–Trinajstić information content (AvgIpc) is 2.66. The van der Waals surface area contributed by atoms with Gasteiger partial charge in [-0.2, -0.15) is 0 Å². The van der Waals surface area contributed by atoms with E-state index < -0.39 is 18.5 Å². The molecule has 138 valence electrons. The van der Waals surface area contributed by atoms with Crippen LogP contribution in [0.1, 0.15) is 35.7 Å². The van der Waals surface area contributed by atoms with Gasteiger partial charge in [-0.25, -0.2) is 4.79 Å². The summed E-state index contributed by atoms with van der Waals surface area (Å²) in [6, 6.07) is 17.9. The topological polar surface area (TPSA) is 75.6 Å². The van der Waals surface area contributed by atoms with Gasteiger partial charge in [0.2, 0.25) is 0 Å². The van der Waals surface area contributed by atoms with Crippen LogP contribution < -0.4 is 5.32 Å². The Morgan fingerprint density at radius 2 is 1.63 bits per heavy atom. The number of aromatic hydroxyl groups is 1. The molecule has 27 heavy (non-hydrogen) atoms. The van der Waals surface area contributed by atoms with E-state index in [2.05, 4.69) is 19.2 Å². The number of rotatable bonds is 5. The maximum absolute atomic E-state index is 12.2. The number of esters is 1. The van der Waals surface area contributed by atoms with Crippen LogP contribution in [0.3, 0.4) is 0 Å². The van der Waals surface area contributed by atoms with E-state index in [-0.39, 0.29) is 11.3 Å². The summed E-state index contributed by atoms with van der Waals surface area (Å²) in [5.41, 5.74) is 1.84. The van der Waals surface area contributed by atoms with Crippen molar-refractivity contribution in [2.45, 2.75) is 19.8 Å². The molecule has 0 atom stereocenters. The molecular weight excluding hydrogens is 342 g/mol. The van der Waals surface area contributed by atoms with Gasteiger partial charge in [0.1, 0.15) is 11.3 Å². The highest BCUT2D eigenvalue weighted by molar-refractivity contribution is 6.00. The molecule has 0 spiro atoms. The van der Waals surface area contributed by atoms with Gasteiger partial charge in [-0.1, -0.05) is 50.2 Å². The van der Waals surface area contributed by atoms with E-state index in [0.717, 1.165) is 10.8 Å². The second kappa shape index (κ2) is 7.91. The monoisotopic (exact) mass is 363 g/mol. The molecule has 5 nitrogen and oxygen atoms in total. The minimum absolute atomic E-state index is 0.0304. The lowest BCUT2D eigenvalue weighted by Gasteiger charge is -2.10. The molecule has 0 heterocycles. The Kier molecular flexibility index (Phi) is 5.41. The maximum Gasteiger partial charge on any atom is 0.342 e. The zero-order chi connectivity index (χ0) is 19.4. The Bertz CT molecular complexity index is 977. The number of anilines is 1. The minimum atomic E-state index is -0.747. The highest BCUT2D eigenvalue weighted by atomic mass is 16.5. The van der Waals surface area contributed by atoms with Crippen LogP contribution in [0.2, 0.25) is 0 Å². The van der Waals surface area contributed by atoms with Crippen molar-refractivity contribution in [1.29, 1.82) is 0 Å². The Balaban J connectivity index is 1.61. The van der Waals surface area contributed by atoms with Crippen LogP contribution >= 0.6 is 0 Å². The lowest BCUT2D eigenvalue weighted by atomic mass is 10.0. The third-order valence-electron chi connectivity index (χ3n) is 4.28. The molecule has 0 aliphatic rings. The van der Waals surface area contributed by atoms with Crippen LogP contribution in [0, 0.1) is 0 Å². The van der Waals surface area contributed by atoms with Gasteiger partial charge in [0, 0.05) is 5.69 Å². The smallest absolute Gasteiger partial charge is 0.342 e. The fourth-order valence-electron chi connectivity index (χ4n) is 2.75. The SMILES string of the molecule is CC(C)c1ccc(NC(=O)COC(=O)c2cc3ccccc3cc2O)cc1. The first-order valence-electron chi connectivity index (χ1n) is 8.73. The van der Waals surface area contributed by atoms with Gasteiger partial charge in [-0.05, 0) is 46.5 Å². The van der Waals surface area contributed by atoms with Crippen molar-refractivity contribution in [2.24, 2.45) is 0 Å². The van der Waals surface area contributed by atoms with Gasteiger partial charge >= 0.3 is 5.97 Å². The van der Waals surface area contributed by atoms with Crippen LogP contribution in [0.25, 0.3) is 10.8 Å². The fourth-order valence-corrected chi connectivity index (χ4v) is 2.75. The van der Waals surface area contributed by atoms with E-state index in [1.807, 2.05) is 48.5 Å². The predicted molar refractivity (Wildman–Crippen MR) is 105 cm³/mol. The Morgan fingerprint density at radius 1 is 1.00 bits per heavy atom. The third-order valence-corrected chi connectivity index (χ3v) is 4.28. The van der Waals surface area contributed by atoms with Gasteiger partial charge in [0.05, 0.1) is 0 Å². The highest BCUT2D eigenvalue weighted by Crippen LogP contribution is 2.25. The van der Waals surface area contributed by atoms with Gasteiger partial charge in [0.15, 0.2) is 6.61 Å². The second-order valence-electron chi connectivity index (χ2n) is 6.62. The molecule has 3 aromatic carbocycles. The molecule has 0 unspecified atom stereocenters. The fraction of sp³-hybridized carbons (Fsp3) is 0.182. The lowest BCUT2D eigenvalue weighted by molar-refractivity contribution is -0.119. The van der Waals surface area contributed by atoms with E-state index in [4.69, 9.17) is 4.74 Å². The van der Waals surface area contributed by atoms with Crippen LogP contribution in [0.4, 0.5) is 5.69 Å². The number of ether oxygens (including phenoxy) is 1. The normalized spacial score (nSPS) is 10.8. The Morgan fingerprint density at radius 3 is 2.26 bits per heavy atom. The summed E-state index contributed by atoms with van der Waals surface area (Å²) in [6.07, 6.45) is 0. The number of phenolic OH excluding ortho intramolecular Hbond substituents is 1. The molecule has 0 aromatic heterocycles.